The fourth-order valence-corrected chi connectivity index (χ4v) is 3.00. The van der Waals surface area contributed by atoms with Gasteiger partial charge in [0.25, 0.3) is 0 Å². The molecule has 4 nitrogen and oxygen atoms in total. The van der Waals surface area contributed by atoms with Crippen LogP contribution in [-0.4, -0.2) is 9.97 Å². The zero-order valence-electron chi connectivity index (χ0n) is 10.6. The van der Waals surface area contributed by atoms with Crippen molar-refractivity contribution in [2.24, 2.45) is 0 Å². The smallest absolute Gasteiger partial charge is 0.136 e. The minimum absolute atomic E-state index is 0.152. The van der Waals surface area contributed by atoms with Gasteiger partial charge in [-0.3, -0.25) is 0 Å². The minimum Gasteiger partial charge on any atom is -0.384 e. The summed E-state index contributed by atoms with van der Waals surface area (Å²) in [6.45, 7) is 2.08. The first-order valence-corrected chi connectivity index (χ1v) is 7.47. The number of nitrogens with one attached hydrogen (secondary N) is 1. The SMILES string of the molecule is CC(Nc1cc(N)nc(C2CC2)n1)c1ccc(Cl)s1. The summed E-state index contributed by atoms with van der Waals surface area (Å²) in [6.07, 6.45) is 2.33. The predicted molar refractivity (Wildman–Crippen MR) is 79.8 cm³/mol. The van der Waals surface area contributed by atoms with Gasteiger partial charge < -0.3 is 11.1 Å². The molecule has 0 spiro atoms. The summed E-state index contributed by atoms with van der Waals surface area (Å²) in [5, 5.41) is 3.36. The molecule has 0 aromatic carbocycles. The molecule has 1 saturated carbocycles. The van der Waals surface area contributed by atoms with Gasteiger partial charge in [-0.05, 0) is 31.9 Å². The third-order valence-electron chi connectivity index (χ3n) is 3.09. The lowest BCUT2D eigenvalue weighted by Gasteiger charge is -2.13. The van der Waals surface area contributed by atoms with E-state index in [1.54, 1.807) is 17.4 Å². The van der Waals surface area contributed by atoms with Gasteiger partial charge in [-0.15, -0.1) is 11.3 Å². The number of halogens is 1. The van der Waals surface area contributed by atoms with Gasteiger partial charge in [0.2, 0.25) is 0 Å². The number of hydrogen-bond acceptors (Lipinski definition) is 5. The second-order valence-electron chi connectivity index (χ2n) is 4.82. The molecule has 0 saturated heterocycles. The van der Waals surface area contributed by atoms with Crippen LogP contribution in [0.3, 0.4) is 0 Å². The molecule has 1 aliphatic carbocycles. The molecule has 2 aromatic rings. The highest BCUT2D eigenvalue weighted by molar-refractivity contribution is 7.16. The topological polar surface area (TPSA) is 63.8 Å². The van der Waals surface area contributed by atoms with E-state index < -0.39 is 0 Å². The fourth-order valence-electron chi connectivity index (χ4n) is 1.94. The highest BCUT2D eigenvalue weighted by Gasteiger charge is 2.27. The maximum atomic E-state index is 5.95. The van der Waals surface area contributed by atoms with Crippen LogP contribution in [-0.2, 0) is 0 Å². The van der Waals surface area contributed by atoms with Gasteiger partial charge in [-0.25, -0.2) is 9.97 Å². The van der Waals surface area contributed by atoms with Crippen LogP contribution in [0.1, 0.15) is 42.4 Å². The average molecular weight is 295 g/mol. The maximum absolute atomic E-state index is 5.95. The van der Waals surface area contributed by atoms with E-state index in [4.69, 9.17) is 17.3 Å². The molecule has 2 aromatic heterocycles. The molecule has 0 amide bonds. The fraction of sp³-hybridized carbons (Fsp3) is 0.385. The molecule has 1 unspecified atom stereocenters. The molecule has 3 N–H and O–H groups in total. The Morgan fingerprint density at radius 1 is 1.42 bits per heavy atom. The summed E-state index contributed by atoms with van der Waals surface area (Å²) < 4.78 is 0.796. The number of nitrogens with zero attached hydrogens (tertiary/aromatic N) is 2. The summed E-state index contributed by atoms with van der Waals surface area (Å²) in [7, 11) is 0. The molecule has 0 aliphatic heterocycles. The Kier molecular flexibility index (Phi) is 3.33. The number of hydrogen-bond donors (Lipinski definition) is 2. The van der Waals surface area contributed by atoms with Gasteiger partial charge in [0.05, 0.1) is 10.4 Å². The Morgan fingerprint density at radius 3 is 2.84 bits per heavy atom. The third-order valence-corrected chi connectivity index (χ3v) is 4.50. The quantitative estimate of drug-likeness (QED) is 0.899. The Bertz CT molecular complexity index is 594. The van der Waals surface area contributed by atoms with E-state index in [2.05, 4.69) is 22.2 Å². The van der Waals surface area contributed by atoms with Crippen molar-refractivity contribution in [1.82, 2.24) is 9.97 Å². The third kappa shape index (κ3) is 2.98. The molecule has 1 aliphatic rings. The Balaban J connectivity index is 1.78. The highest BCUT2D eigenvalue weighted by Crippen LogP contribution is 2.39. The molecule has 100 valence electrons. The van der Waals surface area contributed by atoms with Crippen LogP contribution in [0.25, 0.3) is 0 Å². The Morgan fingerprint density at radius 2 is 2.21 bits per heavy atom. The minimum atomic E-state index is 0.152. The van der Waals surface area contributed by atoms with E-state index in [1.807, 2.05) is 12.1 Å². The first-order valence-electron chi connectivity index (χ1n) is 6.28. The second-order valence-corrected chi connectivity index (χ2v) is 6.57. The van der Waals surface area contributed by atoms with Crippen molar-refractivity contribution in [3.8, 4) is 0 Å². The van der Waals surface area contributed by atoms with Crippen molar-refractivity contribution in [2.75, 3.05) is 11.1 Å². The van der Waals surface area contributed by atoms with Gasteiger partial charge in [0, 0.05) is 16.9 Å². The molecule has 19 heavy (non-hydrogen) atoms. The van der Waals surface area contributed by atoms with E-state index in [9.17, 15) is 0 Å². The molecule has 6 heteroatoms. The largest absolute Gasteiger partial charge is 0.384 e. The summed E-state index contributed by atoms with van der Waals surface area (Å²) in [6, 6.07) is 5.86. The van der Waals surface area contributed by atoms with Crippen molar-refractivity contribution in [1.29, 1.82) is 0 Å². The second kappa shape index (κ2) is 4.98. The molecule has 2 heterocycles. The number of aromatic nitrogens is 2. The van der Waals surface area contributed by atoms with Crippen molar-refractivity contribution in [2.45, 2.75) is 31.7 Å². The van der Waals surface area contributed by atoms with Gasteiger partial charge in [0.1, 0.15) is 17.5 Å². The van der Waals surface area contributed by atoms with Crippen molar-refractivity contribution >= 4 is 34.6 Å². The molecule has 0 radical (unpaired) electrons. The average Bonchev–Trinajstić information content (AvgIpc) is 3.11. The highest BCUT2D eigenvalue weighted by atomic mass is 35.5. The molecule has 1 fully saturated rings. The molecular weight excluding hydrogens is 280 g/mol. The number of nitrogens with two attached hydrogens (primary N) is 1. The van der Waals surface area contributed by atoms with Crippen LogP contribution in [0.15, 0.2) is 18.2 Å². The summed E-state index contributed by atoms with van der Waals surface area (Å²) in [5.41, 5.74) is 5.83. The van der Waals surface area contributed by atoms with Crippen molar-refractivity contribution < 1.29 is 0 Å². The van der Waals surface area contributed by atoms with Crippen LogP contribution in [0.2, 0.25) is 4.34 Å². The van der Waals surface area contributed by atoms with Gasteiger partial charge in [0.15, 0.2) is 0 Å². The van der Waals surface area contributed by atoms with Crippen molar-refractivity contribution in [3.05, 3.63) is 33.2 Å². The molecule has 0 bridgehead atoms. The summed E-state index contributed by atoms with van der Waals surface area (Å²) in [5.74, 6) is 2.66. The number of rotatable bonds is 4. The molecule has 3 rings (SSSR count). The monoisotopic (exact) mass is 294 g/mol. The normalized spacial score (nSPS) is 16.3. The lowest BCUT2D eigenvalue weighted by molar-refractivity contribution is 0.871. The van der Waals surface area contributed by atoms with Crippen LogP contribution in [0.5, 0.6) is 0 Å². The van der Waals surface area contributed by atoms with Gasteiger partial charge in [-0.2, -0.15) is 0 Å². The van der Waals surface area contributed by atoms with Gasteiger partial charge in [-0.1, -0.05) is 11.6 Å². The van der Waals surface area contributed by atoms with Crippen LogP contribution >= 0.6 is 22.9 Å². The van der Waals surface area contributed by atoms with Crippen LogP contribution in [0.4, 0.5) is 11.6 Å². The van der Waals surface area contributed by atoms with Crippen LogP contribution < -0.4 is 11.1 Å². The Labute approximate surface area is 121 Å². The zero-order valence-corrected chi connectivity index (χ0v) is 12.1. The number of anilines is 2. The first kappa shape index (κ1) is 12.7. The maximum Gasteiger partial charge on any atom is 0.136 e. The Hall–Kier alpha value is -1.33. The van der Waals surface area contributed by atoms with Crippen LogP contribution in [0, 0.1) is 0 Å². The standard InChI is InChI=1S/C13H15ClN4S/c1-7(9-4-5-10(14)19-9)16-12-6-11(15)17-13(18-12)8-2-3-8/h4-8H,2-3H2,1H3,(H3,15,16,17,18). The summed E-state index contributed by atoms with van der Waals surface area (Å²) >= 11 is 7.52. The number of thiophene rings is 1. The van der Waals surface area contributed by atoms with E-state index in [-0.39, 0.29) is 6.04 Å². The lowest BCUT2D eigenvalue weighted by Crippen LogP contribution is -2.09. The van der Waals surface area contributed by atoms with E-state index in [0.29, 0.717) is 11.7 Å². The number of nitrogen functional groups attached to an aromatic ring is 1. The summed E-state index contributed by atoms with van der Waals surface area (Å²) in [4.78, 5) is 10.0. The van der Waals surface area contributed by atoms with E-state index in [1.165, 1.54) is 17.7 Å². The molecular formula is C13H15ClN4S. The predicted octanol–water partition coefficient (Wildman–Crippen LogP) is 3.82. The molecule has 1 atom stereocenters. The first-order chi connectivity index (χ1) is 9.11. The zero-order chi connectivity index (χ0) is 13.4. The van der Waals surface area contributed by atoms with E-state index >= 15 is 0 Å². The van der Waals surface area contributed by atoms with Gasteiger partial charge >= 0.3 is 0 Å². The van der Waals surface area contributed by atoms with Crippen molar-refractivity contribution in [3.63, 3.8) is 0 Å². The van der Waals surface area contributed by atoms with E-state index in [0.717, 1.165) is 16.0 Å². The lowest BCUT2D eigenvalue weighted by atomic mass is 10.2.